The summed E-state index contributed by atoms with van der Waals surface area (Å²) in [6, 6.07) is 0. The van der Waals surface area contributed by atoms with Crippen molar-refractivity contribution >= 4 is 5.82 Å². The van der Waals surface area contributed by atoms with Crippen molar-refractivity contribution in [2.24, 2.45) is 7.05 Å². The van der Waals surface area contributed by atoms with E-state index in [1.807, 2.05) is 17.8 Å². The third-order valence-corrected chi connectivity index (χ3v) is 3.41. The second kappa shape index (κ2) is 4.72. The zero-order chi connectivity index (χ0) is 12.4. The molecule has 1 atom stereocenters. The first-order valence-electron chi connectivity index (χ1n) is 6.19. The van der Waals surface area contributed by atoms with Crippen LogP contribution in [0.15, 0.2) is 24.9 Å². The molecule has 0 amide bonds. The Morgan fingerprint density at radius 1 is 1.33 bits per heavy atom. The highest BCUT2D eigenvalue weighted by molar-refractivity contribution is 5.36. The summed E-state index contributed by atoms with van der Waals surface area (Å²) in [7, 11) is 2.00. The third-order valence-electron chi connectivity index (χ3n) is 3.41. The van der Waals surface area contributed by atoms with Gasteiger partial charge in [-0.05, 0) is 12.8 Å². The summed E-state index contributed by atoms with van der Waals surface area (Å²) < 4.78 is 2.00. The first-order chi connectivity index (χ1) is 8.84. The highest BCUT2D eigenvalue weighted by Gasteiger charge is 2.25. The van der Waals surface area contributed by atoms with E-state index in [4.69, 9.17) is 0 Å². The predicted molar refractivity (Wildman–Crippen MR) is 67.2 cm³/mol. The summed E-state index contributed by atoms with van der Waals surface area (Å²) in [5.74, 6) is 2.43. The molecule has 2 aromatic rings. The Kier molecular flexibility index (Phi) is 2.92. The Bertz CT molecular complexity index is 508. The van der Waals surface area contributed by atoms with Gasteiger partial charge in [-0.15, -0.1) is 10.2 Å². The first-order valence-corrected chi connectivity index (χ1v) is 6.19. The fourth-order valence-corrected chi connectivity index (χ4v) is 2.51. The predicted octanol–water partition coefficient (Wildman–Crippen LogP) is 0.989. The third kappa shape index (κ3) is 2.05. The van der Waals surface area contributed by atoms with Gasteiger partial charge in [0.2, 0.25) is 0 Å². The quantitative estimate of drug-likeness (QED) is 0.788. The van der Waals surface area contributed by atoms with Gasteiger partial charge in [0.1, 0.15) is 18.0 Å². The van der Waals surface area contributed by atoms with E-state index in [-0.39, 0.29) is 0 Å². The van der Waals surface area contributed by atoms with Crippen molar-refractivity contribution in [2.75, 3.05) is 18.0 Å². The summed E-state index contributed by atoms with van der Waals surface area (Å²) in [6.07, 6.45) is 9.32. The van der Waals surface area contributed by atoms with Crippen LogP contribution < -0.4 is 4.90 Å². The molecule has 1 aliphatic rings. The van der Waals surface area contributed by atoms with Gasteiger partial charge >= 0.3 is 0 Å². The maximum absolute atomic E-state index is 4.36. The lowest BCUT2D eigenvalue weighted by Gasteiger charge is -2.32. The fraction of sp³-hybridized carbons (Fsp3) is 0.500. The summed E-state index contributed by atoms with van der Waals surface area (Å²) in [5, 5.41) is 8.18. The van der Waals surface area contributed by atoms with Gasteiger partial charge in [-0.25, -0.2) is 4.98 Å². The highest BCUT2D eigenvalue weighted by atomic mass is 15.3. The van der Waals surface area contributed by atoms with Crippen LogP contribution in [0.3, 0.4) is 0 Å². The van der Waals surface area contributed by atoms with Crippen LogP contribution in [0.4, 0.5) is 5.82 Å². The second-order valence-electron chi connectivity index (χ2n) is 4.65. The Balaban J connectivity index is 1.79. The van der Waals surface area contributed by atoms with Crippen molar-refractivity contribution in [3.63, 3.8) is 0 Å². The smallest absolute Gasteiger partial charge is 0.147 e. The van der Waals surface area contributed by atoms with Crippen molar-refractivity contribution in [1.29, 1.82) is 0 Å². The van der Waals surface area contributed by atoms with Crippen molar-refractivity contribution in [1.82, 2.24) is 24.7 Å². The number of piperidine rings is 1. The van der Waals surface area contributed by atoms with Gasteiger partial charge in [-0.1, -0.05) is 0 Å². The molecule has 0 unspecified atom stereocenters. The van der Waals surface area contributed by atoms with Crippen LogP contribution in [0, 0.1) is 0 Å². The molecule has 2 aromatic heterocycles. The molecule has 18 heavy (non-hydrogen) atoms. The van der Waals surface area contributed by atoms with Gasteiger partial charge in [0.05, 0.1) is 6.20 Å². The normalized spacial score (nSPS) is 20.1. The minimum atomic E-state index is 0.424. The molecule has 1 fully saturated rings. The van der Waals surface area contributed by atoms with Crippen molar-refractivity contribution in [3.05, 3.63) is 30.7 Å². The molecule has 0 spiro atoms. The minimum Gasteiger partial charge on any atom is -0.355 e. The molecule has 0 aliphatic carbocycles. The molecule has 6 nitrogen and oxygen atoms in total. The molecular formula is C12H16N6. The summed E-state index contributed by atoms with van der Waals surface area (Å²) in [5.41, 5.74) is 0. The van der Waals surface area contributed by atoms with Crippen LogP contribution in [-0.2, 0) is 7.05 Å². The standard InChI is InChI=1S/C12H16N6/c1-17-9-15-16-12(17)10-3-2-6-18(8-10)11-7-13-4-5-14-11/h4-5,7,9-10H,2-3,6,8H2,1H3/t10-/m1/s1. The maximum Gasteiger partial charge on any atom is 0.147 e. The Morgan fingerprint density at radius 2 is 2.28 bits per heavy atom. The average molecular weight is 244 g/mol. The summed E-state index contributed by atoms with van der Waals surface area (Å²) in [6.45, 7) is 1.97. The zero-order valence-corrected chi connectivity index (χ0v) is 10.4. The number of aryl methyl sites for hydroxylation is 1. The lowest BCUT2D eigenvalue weighted by atomic mass is 9.97. The van der Waals surface area contributed by atoms with Gasteiger partial charge in [0, 0.05) is 38.4 Å². The minimum absolute atomic E-state index is 0.424. The molecule has 94 valence electrons. The second-order valence-corrected chi connectivity index (χ2v) is 4.65. The van der Waals surface area contributed by atoms with Crippen LogP contribution in [0.2, 0.25) is 0 Å². The van der Waals surface area contributed by atoms with Gasteiger partial charge in [0.25, 0.3) is 0 Å². The number of anilines is 1. The molecule has 0 bridgehead atoms. The average Bonchev–Trinajstić information content (AvgIpc) is 2.86. The SMILES string of the molecule is Cn1cnnc1[C@@H]1CCCN(c2cnccn2)C1. The van der Waals surface area contributed by atoms with E-state index >= 15 is 0 Å². The van der Waals surface area contributed by atoms with Crippen LogP contribution in [0.5, 0.6) is 0 Å². The lowest BCUT2D eigenvalue weighted by Crippen LogP contribution is -2.35. The topological polar surface area (TPSA) is 59.7 Å². The molecule has 1 aliphatic heterocycles. The molecule has 0 radical (unpaired) electrons. The van der Waals surface area contributed by atoms with E-state index in [2.05, 4.69) is 25.1 Å². The Hall–Kier alpha value is -1.98. The molecule has 3 heterocycles. The first kappa shape index (κ1) is 11.1. The van der Waals surface area contributed by atoms with E-state index in [0.29, 0.717) is 5.92 Å². The molecule has 1 saturated heterocycles. The number of hydrogen-bond donors (Lipinski definition) is 0. The lowest BCUT2D eigenvalue weighted by molar-refractivity contribution is 0.477. The maximum atomic E-state index is 4.36. The van der Waals surface area contributed by atoms with Crippen LogP contribution in [-0.4, -0.2) is 37.8 Å². The zero-order valence-electron chi connectivity index (χ0n) is 10.4. The molecule has 3 rings (SSSR count). The van der Waals surface area contributed by atoms with Crippen molar-refractivity contribution < 1.29 is 0 Å². The molecule has 0 saturated carbocycles. The van der Waals surface area contributed by atoms with Crippen molar-refractivity contribution in [3.8, 4) is 0 Å². The van der Waals surface area contributed by atoms with E-state index in [0.717, 1.165) is 37.6 Å². The number of nitrogens with zero attached hydrogens (tertiary/aromatic N) is 6. The van der Waals surface area contributed by atoms with E-state index in [1.54, 1.807) is 18.7 Å². The fourth-order valence-electron chi connectivity index (χ4n) is 2.51. The summed E-state index contributed by atoms with van der Waals surface area (Å²) >= 11 is 0. The number of aromatic nitrogens is 5. The number of rotatable bonds is 2. The highest BCUT2D eigenvalue weighted by Crippen LogP contribution is 2.27. The van der Waals surface area contributed by atoms with E-state index < -0.39 is 0 Å². The Labute approximate surface area is 106 Å². The largest absolute Gasteiger partial charge is 0.355 e. The molecule has 0 aromatic carbocycles. The van der Waals surface area contributed by atoms with Gasteiger partial charge in [0.15, 0.2) is 0 Å². The van der Waals surface area contributed by atoms with Gasteiger partial charge in [-0.3, -0.25) is 4.98 Å². The van der Waals surface area contributed by atoms with Crippen LogP contribution in [0.1, 0.15) is 24.6 Å². The number of hydrogen-bond acceptors (Lipinski definition) is 5. The van der Waals surface area contributed by atoms with Crippen LogP contribution >= 0.6 is 0 Å². The van der Waals surface area contributed by atoms with Crippen LogP contribution in [0.25, 0.3) is 0 Å². The molecular weight excluding hydrogens is 228 g/mol. The monoisotopic (exact) mass is 244 g/mol. The molecule has 6 heteroatoms. The van der Waals surface area contributed by atoms with E-state index in [1.165, 1.54) is 0 Å². The van der Waals surface area contributed by atoms with Gasteiger partial charge < -0.3 is 9.47 Å². The van der Waals surface area contributed by atoms with Crippen molar-refractivity contribution in [2.45, 2.75) is 18.8 Å². The van der Waals surface area contributed by atoms with E-state index in [9.17, 15) is 0 Å². The molecule has 0 N–H and O–H groups in total. The summed E-state index contributed by atoms with van der Waals surface area (Å²) in [4.78, 5) is 10.8. The van der Waals surface area contributed by atoms with Gasteiger partial charge in [-0.2, -0.15) is 0 Å². The Morgan fingerprint density at radius 3 is 3.00 bits per heavy atom.